The number of nitrogens with zero attached hydrogens (tertiary/aromatic N) is 6. The highest BCUT2D eigenvalue weighted by Crippen LogP contribution is 2.15. The van der Waals surface area contributed by atoms with Gasteiger partial charge in [0.05, 0.1) is 19.0 Å². The summed E-state index contributed by atoms with van der Waals surface area (Å²) in [4.78, 5) is 0. The molecular formula is C15H16N6O. The normalized spacial score (nSPS) is 11.2. The molecule has 3 aromatic rings. The van der Waals surface area contributed by atoms with Gasteiger partial charge in [-0.25, -0.2) is 4.68 Å². The maximum atomic E-state index is 5.30. The van der Waals surface area contributed by atoms with E-state index >= 15 is 0 Å². The number of hydrogen-bond donors (Lipinski definition) is 0. The average Bonchev–Trinajstić information content (AvgIpc) is 3.11. The molecule has 22 heavy (non-hydrogen) atoms. The number of methoxy groups -OCH3 is 1. The lowest BCUT2D eigenvalue weighted by Crippen LogP contribution is -2.06. The van der Waals surface area contributed by atoms with Gasteiger partial charge in [-0.05, 0) is 32.0 Å². The van der Waals surface area contributed by atoms with Crippen LogP contribution in [0, 0.1) is 13.8 Å². The van der Waals surface area contributed by atoms with Gasteiger partial charge in [-0.3, -0.25) is 0 Å². The number of benzene rings is 1. The van der Waals surface area contributed by atoms with Crippen LogP contribution in [0.25, 0.3) is 5.95 Å². The monoisotopic (exact) mass is 296 g/mol. The lowest BCUT2D eigenvalue weighted by molar-refractivity contribution is 0.414. The van der Waals surface area contributed by atoms with Gasteiger partial charge in [0, 0.05) is 11.3 Å². The maximum Gasteiger partial charge on any atom is 0.273 e. The molecule has 0 N–H and O–H groups in total. The minimum absolute atomic E-state index is 0.539. The van der Waals surface area contributed by atoms with Crippen molar-refractivity contribution in [3.63, 3.8) is 0 Å². The van der Waals surface area contributed by atoms with E-state index in [1.807, 2.05) is 44.2 Å². The molecule has 0 unspecified atom stereocenters. The molecule has 2 heterocycles. The average molecular weight is 296 g/mol. The van der Waals surface area contributed by atoms with Gasteiger partial charge in [-0.15, -0.1) is 10.2 Å². The van der Waals surface area contributed by atoms with Crippen molar-refractivity contribution in [1.29, 1.82) is 0 Å². The van der Waals surface area contributed by atoms with Crippen molar-refractivity contribution in [2.24, 2.45) is 5.10 Å². The molecule has 0 aliphatic heterocycles. The number of ether oxygens (including phenoxy) is 1. The second kappa shape index (κ2) is 5.80. The minimum Gasteiger partial charge on any atom is -0.496 e. The first-order valence-electron chi connectivity index (χ1n) is 6.80. The molecule has 0 saturated heterocycles. The Hall–Kier alpha value is -2.96. The quantitative estimate of drug-likeness (QED) is 0.690. The third-order valence-corrected chi connectivity index (χ3v) is 3.17. The summed E-state index contributed by atoms with van der Waals surface area (Å²) in [6.45, 7) is 3.89. The van der Waals surface area contributed by atoms with Gasteiger partial charge in [0.2, 0.25) is 0 Å². The van der Waals surface area contributed by atoms with Crippen molar-refractivity contribution >= 4 is 6.21 Å². The third-order valence-electron chi connectivity index (χ3n) is 3.17. The number of aromatic nitrogens is 5. The van der Waals surface area contributed by atoms with Crippen LogP contribution in [0.3, 0.4) is 0 Å². The standard InChI is InChI=1S/C15H16N6O/c1-11-8-12(2)21(19-11)15-18-16-10-20(15)17-9-13-6-4-5-7-14(13)22-3/h4-10H,1-3H3/b17-9-. The van der Waals surface area contributed by atoms with Gasteiger partial charge >= 0.3 is 0 Å². The van der Waals surface area contributed by atoms with E-state index in [9.17, 15) is 0 Å². The lowest BCUT2D eigenvalue weighted by atomic mass is 10.2. The molecule has 1 aromatic carbocycles. The molecule has 0 aliphatic carbocycles. The molecule has 7 nitrogen and oxygen atoms in total. The van der Waals surface area contributed by atoms with Crippen LogP contribution < -0.4 is 4.74 Å². The first-order valence-corrected chi connectivity index (χ1v) is 6.80. The molecular weight excluding hydrogens is 280 g/mol. The van der Waals surface area contributed by atoms with Crippen LogP contribution in [0.5, 0.6) is 5.75 Å². The molecule has 2 aromatic heterocycles. The van der Waals surface area contributed by atoms with Crippen molar-refractivity contribution in [2.75, 3.05) is 7.11 Å². The summed E-state index contributed by atoms with van der Waals surface area (Å²) in [5.74, 6) is 1.30. The van der Waals surface area contributed by atoms with Crippen LogP contribution in [0.4, 0.5) is 0 Å². The Morgan fingerprint density at radius 3 is 2.77 bits per heavy atom. The second-order valence-corrected chi connectivity index (χ2v) is 4.80. The zero-order valence-electron chi connectivity index (χ0n) is 12.6. The van der Waals surface area contributed by atoms with Crippen LogP contribution in [0.15, 0.2) is 41.8 Å². The molecule has 0 aliphatic rings. The molecule has 112 valence electrons. The molecule has 0 bridgehead atoms. The predicted octanol–water partition coefficient (Wildman–Crippen LogP) is 1.97. The highest BCUT2D eigenvalue weighted by Gasteiger charge is 2.10. The van der Waals surface area contributed by atoms with E-state index in [-0.39, 0.29) is 0 Å². The van der Waals surface area contributed by atoms with Crippen molar-refractivity contribution in [3.05, 3.63) is 53.6 Å². The Balaban J connectivity index is 1.96. The molecule has 0 saturated carbocycles. The summed E-state index contributed by atoms with van der Waals surface area (Å²) in [6.07, 6.45) is 3.25. The fourth-order valence-electron chi connectivity index (χ4n) is 2.17. The van der Waals surface area contributed by atoms with Gasteiger partial charge in [-0.1, -0.05) is 12.1 Å². The first kappa shape index (κ1) is 14.0. The maximum absolute atomic E-state index is 5.30. The zero-order chi connectivity index (χ0) is 15.5. The summed E-state index contributed by atoms with van der Waals surface area (Å²) in [5.41, 5.74) is 2.76. The Kier molecular flexibility index (Phi) is 3.69. The van der Waals surface area contributed by atoms with Crippen molar-refractivity contribution in [3.8, 4) is 11.7 Å². The van der Waals surface area contributed by atoms with Crippen LogP contribution in [-0.4, -0.2) is 38.0 Å². The molecule has 0 spiro atoms. The summed E-state index contributed by atoms with van der Waals surface area (Å²) >= 11 is 0. The Morgan fingerprint density at radius 1 is 1.23 bits per heavy atom. The van der Waals surface area contributed by atoms with E-state index in [4.69, 9.17) is 4.74 Å². The molecule has 0 radical (unpaired) electrons. The molecule has 0 fully saturated rings. The second-order valence-electron chi connectivity index (χ2n) is 4.80. The SMILES string of the molecule is COc1ccccc1/C=N\n1cnnc1-n1nc(C)cc1C. The Bertz CT molecular complexity index is 817. The zero-order valence-corrected chi connectivity index (χ0v) is 12.6. The number of hydrogen-bond acceptors (Lipinski definition) is 5. The highest BCUT2D eigenvalue weighted by molar-refractivity contribution is 5.83. The molecule has 3 rings (SSSR count). The van der Waals surface area contributed by atoms with Crippen LogP contribution in [0.1, 0.15) is 17.0 Å². The Morgan fingerprint density at radius 2 is 2.05 bits per heavy atom. The first-order chi connectivity index (χ1) is 10.7. The summed E-state index contributed by atoms with van der Waals surface area (Å²) in [5, 5.41) is 16.8. The van der Waals surface area contributed by atoms with E-state index in [1.54, 1.807) is 22.7 Å². The number of para-hydroxylation sites is 1. The van der Waals surface area contributed by atoms with E-state index in [0.717, 1.165) is 22.7 Å². The summed E-state index contributed by atoms with van der Waals surface area (Å²) in [7, 11) is 1.63. The third kappa shape index (κ3) is 2.60. The van der Waals surface area contributed by atoms with Gasteiger partial charge in [0.15, 0.2) is 0 Å². The largest absolute Gasteiger partial charge is 0.496 e. The van der Waals surface area contributed by atoms with Crippen molar-refractivity contribution in [2.45, 2.75) is 13.8 Å². The highest BCUT2D eigenvalue weighted by atomic mass is 16.5. The van der Waals surface area contributed by atoms with Gasteiger partial charge in [-0.2, -0.15) is 14.9 Å². The van der Waals surface area contributed by atoms with E-state index in [0.29, 0.717) is 5.95 Å². The van der Waals surface area contributed by atoms with Gasteiger partial charge in [0.1, 0.15) is 12.1 Å². The van der Waals surface area contributed by atoms with E-state index < -0.39 is 0 Å². The topological polar surface area (TPSA) is 70.1 Å². The predicted molar refractivity (Wildman–Crippen MR) is 82.6 cm³/mol. The molecule has 0 atom stereocenters. The van der Waals surface area contributed by atoms with Crippen molar-refractivity contribution < 1.29 is 4.74 Å². The van der Waals surface area contributed by atoms with E-state index in [2.05, 4.69) is 20.4 Å². The Labute approximate surface area is 127 Å². The summed E-state index contributed by atoms with van der Waals surface area (Å²) in [6, 6.07) is 9.63. The van der Waals surface area contributed by atoms with Gasteiger partial charge in [0.25, 0.3) is 5.95 Å². The van der Waals surface area contributed by atoms with Crippen molar-refractivity contribution in [1.82, 2.24) is 24.7 Å². The summed E-state index contributed by atoms with van der Waals surface area (Å²) < 4.78 is 8.59. The van der Waals surface area contributed by atoms with Gasteiger partial charge < -0.3 is 4.74 Å². The number of aryl methyl sites for hydroxylation is 2. The smallest absolute Gasteiger partial charge is 0.273 e. The fourth-order valence-corrected chi connectivity index (χ4v) is 2.17. The molecule has 7 heteroatoms. The minimum atomic E-state index is 0.539. The fraction of sp³-hybridized carbons (Fsp3) is 0.200. The lowest BCUT2D eigenvalue weighted by Gasteiger charge is -2.04. The number of rotatable bonds is 4. The van der Waals surface area contributed by atoms with E-state index in [1.165, 1.54) is 6.33 Å². The van der Waals surface area contributed by atoms with Crippen LogP contribution in [-0.2, 0) is 0 Å². The van der Waals surface area contributed by atoms with Crippen LogP contribution >= 0.6 is 0 Å². The van der Waals surface area contributed by atoms with Crippen LogP contribution in [0.2, 0.25) is 0 Å². The molecule has 0 amide bonds.